The summed E-state index contributed by atoms with van der Waals surface area (Å²) in [5, 5.41) is 6.76. The lowest BCUT2D eigenvalue weighted by Gasteiger charge is -2.08. The molecule has 0 aromatic heterocycles. The number of rotatable bonds is 6. The maximum atomic E-state index is 11.9. The number of hydrogen-bond donors (Lipinski definition) is 2. The van der Waals surface area contributed by atoms with E-state index in [0.29, 0.717) is 24.5 Å². The van der Waals surface area contributed by atoms with Crippen LogP contribution in [0.5, 0.6) is 11.5 Å². The largest absolute Gasteiger partial charge is 0.454 e. The van der Waals surface area contributed by atoms with E-state index in [9.17, 15) is 4.79 Å². The lowest BCUT2D eigenvalue weighted by Crippen LogP contribution is -2.24. The predicted molar refractivity (Wildman–Crippen MR) is 89.0 cm³/mol. The third-order valence-electron chi connectivity index (χ3n) is 3.45. The quantitative estimate of drug-likeness (QED) is 0.853. The number of carbonyl (C=O) groups is 1. The predicted octanol–water partition coefficient (Wildman–Crippen LogP) is 3.19. The number of benzene rings is 2. The normalized spacial score (nSPS) is 12.0. The molecule has 1 amide bonds. The van der Waals surface area contributed by atoms with Crippen molar-refractivity contribution in [2.24, 2.45) is 0 Å². The van der Waals surface area contributed by atoms with Gasteiger partial charge in [-0.05, 0) is 42.0 Å². The number of nitrogens with one attached hydrogen (secondary N) is 2. The summed E-state index contributed by atoms with van der Waals surface area (Å²) in [6.45, 7) is 1.28. The summed E-state index contributed by atoms with van der Waals surface area (Å²) in [5.74, 6) is 1.46. The Balaban J connectivity index is 1.40. The van der Waals surface area contributed by atoms with Gasteiger partial charge in [-0.2, -0.15) is 0 Å². The van der Waals surface area contributed by atoms with Crippen molar-refractivity contribution in [2.75, 3.05) is 18.7 Å². The average molecular weight is 333 g/mol. The summed E-state index contributed by atoms with van der Waals surface area (Å²) < 4.78 is 10.6. The lowest BCUT2D eigenvalue weighted by atomic mass is 10.2. The van der Waals surface area contributed by atoms with Crippen LogP contribution in [0.2, 0.25) is 5.02 Å². The molecule has 0 unspecified atom stereocenters. The highest BCUT2D eigenvalue weighted by Gasteiger charge is 2.13. The van der Waals surface area contributed by atoms with Crippen molar-refractivity contribution in [3.8, 4) is 11.5 Å². The Kier molecular flexibility index (Phi) is 4.88. The first kappa shape index (κ1) is 15.5. The molecule has 0 bridgehead atoms. The zero-order chi connectivity index (χ0) is 16.1. The molecule has 1 heterocycles. The Morgan fingerprint density at radius 2 is 1.87 bits per heavy atom. The molecule has 2 aromatic carbocycles. The topological polar surface area (TPSA) is 59.6 Å². The molecule has 2 N–H and O–H groups in total. The Bertz CT molecular complexity index is 689. The molecule has 0 saturated carbocycles. The Labute approximate surface area is 139 Å². The van der Waals surface area contributed by atoms with Crippen molar-refractivity contribution in [1.82, 2.24) is 5.32 Å². The SMILES string of the molecule is O=C(CCNc1ccc(Cl)cc1)NCc1ccc2c(c1)OCO2. The monoisotopic (exact) mass is 332 g/mol. The van der Waals surface area contributed by atoms with Crippen molar-refractivity contribution in [1.29, 1.82) is 0 Å². The maximum Gasteiger partial charge on any atom is 0.231 e. The summed E-state index contributed by atoms with van der Waals surface area (Å²) in [5.41, 5.74) is 1.92. The fourth-order valence-electron chi connectivity index (χ4n) is 2.23. The molecule has 5 nitrogen and oxygen atoms in total. The molecule has 0 saturated heterocycles. The van der Waals surface area contributed by atoms with Crippen LogP contribution in [0.15, 0.2) is 42.5 Å². The molecule has 3 rings (SSSR count). The minimum atomic E-state index is -0.0101. The second-order valence-electron chi connectivity index (χ2n) is 5.15. The number of anilines is 1. The molecule has 0 radical (unpaired) electrons. The molecule has 0 aliphatic carbocycles. The summed E-state index contributed by atoms with van der Waals surface area (Å²) >= 11 is 5.82. The maximum absolute atomic E-state index is 11.9. The van der Waals surface area contributed by atoms with Gasteiger partial charge in [-0.1, -0.05) is 17.7 Å². The van der Waals surface area contributed by atoms with Gasteiger partial charge in [0, 0.05) is 30.2 Å². The summed E-state index contributed by atoms with van der Waals surface area (Å²) in [4.78, 5) is 11.9. The molecular formula is C17H17ClN2O3. The summed E-state index contributed by atoms with van der Waals surface area (Å²) in [6.07, 6.45) is 0.396. The van der Waals surface area contributed by atoms with Gasteiger partial charge >= 0.3 is 0 Å². The number of carbonyl (C=O) groups excluding carboxylic acids is 1. The van der Waals surface area contributed by atoms with Crippen LogP contribution in [0, 0.1) is 0 Å². The van der Waals surface area contributed by atoms with E-state index in [4.69, 9.17) is 21.1 Å². The molecule has 0 spiro atoms. The highest BCUT2D eigenvalue weighted by atomic mass is 35.5. The van der Waals surface area contributed by atoms with Gasteiger partial charge in [0.25, 0.3) is 0 Å². The number of ether oxygens (including phenoxy) is 2. The van der Waals surface area contributed by atoms with Crippen LogP contribution in [0.3, 0.4) is 0 Å². The van der Waals surface area contributed by atoms with E-state index in [2.05, 4.69) is 10.6 Å². The third kappa shape index (κ3) is 4.29. The Hall–Kier alpha value is -2.40. The fourth-order valence-corrected chi connectivity index (χ4v) is 2.35. The number of fused-ring (bicyclic) bond motifs is 1. The highest BCUT2D eigenvalue weighted by Crippen LogP contribution is 2.32. The van der Waals surface area contributed by atoms with Gasteiger partial charge in [0.15, 0.2) is 11.5 Å². The Morgan fingerprint density at radius 1 is 1.09 bits per heavy atom. The van der Waals surface area contributed by atoms with Gasteiger partial charge in [0.1, 0.15) is 0 Å². The molecule has 6 heteroatoms. The van der Waals surface area contributed by atoms with Crippen LogP contribution in [0.25, 0.3) is 0 Å². The van der Waals surface area contributed by atoms with Crippen LogP contribution in [-0.2, 0) is 11.3 Å². The van der Waals surface area contributed by atoms with E-state index in [1.807, 2.05) is 42.5 Å². The molecule has 1 aliphatic heterocycles. The molecule has 0 atom stereocenters. The first-order valence-electron chi connectivity index (χ1n) is 7.35. The van der Waals surface area contributed by atoms with E-state index < -0.39 is 0 Å². The zero-order valence-corrected chi connectivity index (χ0v) is 13.2. The van der Waals surface area contributed by atoms with Crippen LogP contribution in [0.4, 0.5) is 5.69 Å². The molecule has 1 aliphatic rings. The summed E-state index contributed by atoms with van der Waals surface area (Å²) in [6, 6.07) is 13.0. The average Bonchev–Trinajstić information content (AvgIpc) is 3.02. The smallest absolute Gasteiger partial charge is 0.231 e. The summed E-state index contributed by atoms with van der Waals surface area (Å²) in [7, 11) is 0. The molecule has 120 valence electrons. The molecular weight excluding hydrogens is 316 g/mol. The van der Waals surface area contributed by atoms with Gasteiger partial charge in [-0.25, -0.2) is 0 Å². The van der Waals surface area contributed by atoms with Crippen LogP contribution >= 0.6 is 11.6 Å². The van der Waals surface area contributed by atoms with E-state index in [1.54, 1.807) is 0 Å². The Morgan fingerprint density at radius 3 is 2.70 bits per heavy atom. The first-order valence-corrected chi connectivity index (χ1v) is 7.73. The molecule has 23 heavy (non-hydrogen) atoms. The molecule has 0 fully saturated rings. The van der Waals surface area contributed by atoms with Crippen LogP contribution in [0.1, 0.15) is 12.0 Å². The number of halogens is 1. The van der Waals surface area contributed by atoms with Crippen molar-refractivity contribution in [3.63, 3.8) is 0 Å². The highest BCUT2D eigenvalue weighted by molar-refractivity contribution is 6.30. The minimum absolute atomic E-state index is 0.0101. The third-order valence-corrected chi connectivity index (χ3v) is 3.70. The van der Waals surface area contributed by atoms with Crippen molar-refractivity contribution >= 4 is 23.2 Å². The number of amides is 1. The van der Waals surface area contributed by atoms with Crippen LogP contribution in [-0.4, -0.2) is 19.2 Å². The van der Waals surface area contributed by atoms with Crippen molar-refractivity contribution < 1.29 is 14.3 Å². The second-order valence-corrected chi connectivity index (χ2v) is 5.58. The van der Waals surface area contributed by atoms with Crippen molar-refractivity contribution in [3.05, 3.63) is 53.1 Å². The van der Waals surface area contributed by atoms with Crippen molar-refractivity contribution in [2.45, 2.75) is 13.0 Å². The van der Waals surface area contributed by atoms with E-state index in [0.717, 1.165) is 22.7 Å². The number of hydrogen-bond acceptors (Lipinski definition) is 4. The molecule has 2 aromatic rings. The van der Waals surface area contributed by atoms with E-state index in [-0.39, 0.29) is 12.7 Å². The van der Waals surface area contributed by atoms with E-state index in [1.165, 1.54) is 0 Å². The van der Waals surface area contributed by atoms with Crippen LogP contribution < -0.4 is 20.1 Å². The minimum Gasteiger partial charge on any atom is -0.454 e. The van der Waals surface area contributed by atoms with Gasteiger partial charge in [-0.3, -0.25) is 4.79 Å². The van der Waals surface area contributed by atoms with Gasteiger partial charge in [0.05, 0.1) is 0 Å². The first-order chi connectivity index (χ1) is 11.2. The zero-order valence-electron chi connectivity index (χ0n) is 12.5. The second kappa shape index (κ2) is 7.24. The fraction of sp³-hybridized carbons (Fsp3) is 0.235. The van der Waals surface area contributed by atoms with E-state index >= 15 is 0 Å². The standard InChI is InChI=1S/C17H17ClN2O3/c18-13-2-4-14(5-3-13)19-8-7-17(21)20-10-12-1-6-15-16(9-12)23-11-22-15/h1-6,9,19H,7-8,10-11H2,(H,20,21). The van der Waals surface area contributed by atoms with Gasteiger partial charge in [-0.15, -0.1) is 0 Å². The van der Waals surface area contributed by atoms with Gasteiger partial charge < -0.3 is 20.1 Å². The van der Waals surface area contributed by atoms with Gasteiger partial charge in [0.2, 0.25) is 12.7 Å². The lowest BCUT2D eigenvalue weighted by molar-refractivity contribution is -0.121.